The maximum Gasteiger partial charge on any atom is 0.427 e. The molecule has 1 N–H and O–H groups in total. The number of ether oxygens (including phenoxy) is 1. The van der Waals surface area contributed by atoms with Gasteiger partial charge in [-0.25, -0.2) is 19.0 Å². The molecule has 0 spiro atoms. The summed E-state index contributed by atoms with van der Waals surface area (Å²) < 4.78 is 30.3. The Kier molecular flexibility index (Phi) is 3.93. The van der Waals surface area contributed by atoms with Crippen LogP contribution in [0.2, 0.25) is 0 Å². The predicted octanol–water partition coefficient (Wildman–Crippen LogP) is 2.04. The second-order valence-corrected chi connectivity index (χ2v) is 2.92. The van der Waals surface area contributed by atoms with E-state index in [0.717, 1.165) is 18.2 Å². The first kappa shape index (κ1) is 12.1. The third-order valence-corrected chi connectivity index (χ3v) is 1.82. The van der Waals surface area contributed by atoms with Crippen LogP contribution in [0, 0.1) is 11.6 Å². The number of benzene rings is 1. The number of hydrogen-bond acceptors (Lipinski definition) is 3. The SMILES string of the molecule is COC(=O)N/N=C(/C)c1cc(F)ccc1F. The van der Waals surface area contributed by atoms with Crippen LogP contribution in [0.1, 0.15) is 12.5 Å². The zero-order valence-corrected chi connectivity index (χ0v) is 8.75. The molecule has 0 heterocycles. The van der Waals surface area contributed by atoms with Gasteiger partial charge in [-0.1, -0.05) is 0 Å². The maximum absolute atomic E-state index is 13.2. The molecule has 0 bridgehead atoms. The molecule has 0 saturated heterocycles. The first-order chi connectivity index (χ1) is 7.54. The largest absolute Gasteiger partial charge is 0.452 e. The molecule has 0 atom stereocenters. The van der Waals surface area contributed by atoms with E-state index in [2.05, 4.69) is 9.84 Å². The van der Waals surface area contributed by atoms with Gasteiger partial charge in [0.25, 0.3) is 0 Å². The summed E-state index contributed by atoms with van der Waals surface area (Å²) >= 11 is 0. The lowest BCUT2D eigenvalue weighted by molar-refractivity contribution is 0.171. The highest BCUT2D eigenvalue weighted by atomic mass is 19.1. The molecule has 6 heteroatoms. The van der Waals surface area contributed by atoms with Crippen molar-refractivity contribution in [3.05, 3.63) is 35.4 Å². The average Bonchev–Trinajstić information content (AvgIpc) is 2.28. The van der Waals surface area contributed by atoms with Gasteiger partial charge in [-0.2, -0.15) is 5.10 Å². The molecular weight excluding hydrogens is 218 g/mol. The fourth-order valence-electron chi connectivity index (χ4n) is 1.01. The van der Waals surface area contributed by atoms with E-state index in [9.17, 15) is 13.6 Å². The number of methoxy groups -OCH3 is 1. The van der Waals surface area contributed by atoms with Crippen molar-refractivity contribution in [2.75, 3.05) is 7.11 Å². The zero-order valence-electron chi connectivity index (χ0n) is 8.75. The fraction of sp³-hybridized carbons (Fsp3) is 0.200. The standard InChI is InChI=1S/C10H10F2N2O2/c1-6(13-14-10(15)16-2)8-5-7(11)3-4-9(8)12/h3-5H,1-2H3,(H,14,15)/b13-6-. The van der Waals surface area contributed by atoms with E-state index in [1.54, 1.807) is 0 Å². The lowest BCUT2D eigenvalue weighted by atomic mass is 10.1. The van der Waals surface area contributed by atoms with Crippen LogP contribution in [-0.4, -0.2) is 18.9 Å². The second kappa shape index (κ2) is 5.20. The number of halogens is 2. The van der Waals surface area contributed by atoms with E-state index >= 15 is 0 Å². The Morgan fingerprint density at radius 2 is 2.12 bits per heavy atom. The van der Waals surface area contributed by atoms with Crippen molar-refractivity contribution in [1.29, 1.82) is 0 Å². The zero-order chi connectivity index (χ0) is 12.1. The lowest BCUT2D eigenvalue weighted by Gasteiger charge is -2.03. The Balaban J connectivity index is 2.91. The summed E-state index contributed by atoms with van der Waals surface area (Å²) in [6.07, 6.45) is -0.781. The minimum atomic E-state index is -0.781. The number of hydrogen-bond donors (Lipinski definition) is 1. The van der Waals surface area contributed by atoms with Gasteiger partial charge < -0.3 is 4.74 Å². The minimum absolute atomic E-state index is 0.0172. The lowest BCUT2D eigenvalue weighted by Crippen LogP contribution is -2.19. The van der Waals surface area contributed by atoms with Crippen molar-refractivity contribution in [2.24, 2.45) is 5.10 Å². The van der Waals surface area contributed by atoms with Crippen LogP contribution in [0.4, 0.5) is 13.6 Å². The first-order valence-corrected chi connectivity index (χ1v) is 4.38. The van der Waals surface area contributed by atoms with E-state index in [0.29, 0.717) is 0 Å². The van der Waals surface area contributed by atoms with Gasteiger partial charge >= 0.3 is 6.09 Å². The molecule has 0 fully saturated rings. The van der Waals surface area contributed by atoms with Crippen molar-refractivity contribution in [2.45, 2.75) is 6.92 Å². The van der Waals surface area contributed by atoms with Crippen LogP contribution in [0.3, 0.4) is 0 Å². The van der Waals surface area contributed by atoms with E-state index in [4.69, 9.17) is 0 Å². The summed E-state index contributed by atoms with van der Waals surface area (Å²) in [5.74, 6) is -1.20. The number of carbonyl (C=O) groups excluding carboxylic acids is 1. The smallest absolute Gasteiger partial charge is 0.427 e. The van der Waals surface area contributed by atoms with Crippen LogP contribution in [-0.2, 0) is 4.74 Å². The van der Waals surface area contributed by atoms with Crippen molar-refractivity contribution >= 4 is 11.8 Å². The number of nitrogens with zero attached hydrogens (tertiary/aromatic N) is 1. The van der Waals surface area contributed by atoms with Crippen LogP contribution in [0.25, 0.3) is 0 Å². The molecule has 0 aliphatic carbocycles. The number of amides is 1. The molecule has 1 aromatic rings. The summed E-state index contributed by atoms with van der Waals surface area (Å²) in [4.78, 5) is 10.7. The Bertz CT molecular complexity index is 433. The van der Waals surface area contributed by atoms with Gasteiger partial charge in [0.2, 0.25) is 0 Å². The molecule has 86 valence electrons. The van der Waals surface area contributed by atoms with Crippen molar-refractivity contribution in [1.82, 2.24) is 5.43 Å². The molecule has 16 heavy (non-hydrogen) atoms. The summed E-state index contributed by atoms with van der Waals surface area (Å²) in [5, 5.41) is 3.55. The molecule has 1 amide bonds. The summed E-state index contributed by atoms with van der Waals surface area (Å²) in [6, 6.07) is 2.98. The minimum Gasteiger partial charge on any atom is -0.452 e. The number of rotatable bonds is 2. The summed E-state index contributed by atoms with van der Waals surface area (Å²) in [7, 11) is 1.17. The highest BCUT2D eigenvalue weighted by Gasteiger charge is 2.07. The molecule has 0 aromatic heterocycles. The van der Waals surface area contributed by atoms with Crippen LogP contribution >= 0.6 is 0 Å². The van der Waals surface area contributed by atoms with Crippen molar-refractivity contribution in [3.8, 4) is 0 Å². The Morgan fingerprint density at radius 1 is 1.44 bits per heavy atom. The molecule has 0 aliphatic heterocycles. The highest BCUT2D eigenvalue weighted by Crippen LogP contribution is 2.10. The van der Waals surface area contributed by atoms with Gasteiger partial charge in [0.1, 0.15) is 11.6 Å². The molecule has 1 aromatic carbocycles. The van der Waals surface area contributed by atoms with Crippen LogP contribution in [0.15, 0.2) is 23.3 Å². The highest BCUT2D eigenvalue weighted by molar-refractivity contribution is 5.99. The Morgan fingerprint density at radius 3 is 2.75 bits per heavy atom. The topological polar surface area (TPSA) is 50.7 Å². The van der Waals surface area contributed by atoms with Gasteiger partial charge in [-0.3, -0.25) is 0 Å². The summed E-state index contributed by atoms with van der Waals surface area (Å²) in [6.45, 7) is 1.44. The van der Waals surface area contributed by atoms with Gasteiger partial charge in [-0.15, -0.1) is 0 Å². The molecule has 0 aliphatic rings. The Hall–Kier alpha value is -1.98. The van der Waals surface area contributed by atoms with Crippen molar-refractivity contribution < 1.29 is 18.3 Å². The maximum atomic E-state index is 13.2. The molecule has 0 unspecified atom stereocenters. The molecule has 1 rings (SSSR count). The normalized spacial score (nSPS) is 11.1. The van der Waals surface area contributed by atoms with E-state index < -0.39 is 17.7 Å². The van der Waals surface area contributed by atoms with Crippen LogP contribution in [0.5, 0.6) is 0 Å². The third-order valence-electron chi connectivity index (χ3n) is 1.82. The quantitative estimate of drug-likeness (QED) is 0.622. The summed E-state index contributed by atoms with van der Waals surface area (Å²) in [5.41, 5.74) is 2.14. The van der Waals surface area contributed by atoms with E-state index in [-0.39, 0.29) is 11.3 Å². The molecule has 4 nitrogen and oxygen atoms in total. The van der Waals surface area contributed by atoms with Gasteiger partial charge in [-0.05, 0) is 25.1 Å². The average molecular weight is 228 g/mol. The van der Waals surface area contributed by atoms with Crippen molar-refractivity contribution in [3.63, 3.8) is 0 Å². The van der Waals surface area contributed by atoms with Crippen LogP contribution < -0.4 is 5.43 Å². The molecular formula is C10H10F2N2O2. The fourth-order valence-corrected chi connectivity index (χ4v) is 1.01. The number of hydrazone groups is 1. The number of nitrogens with one attached hydrogen (secondary N) is 1. The second-order valence-electron chi connectivity index (χ2n) is 2.92. The van der Waals surface area contributed by atoms with Gasteiger partial charge in [0, 0.05) is 5.56 Å². The van der Waals surface area contributed by atoms with E-state index in [1.807, 2.05) is 5.43 Å². The number of carbonyl (C=O) groups is 1. The van der Waals surface area contributed by atoms with Gasteiger partial charge in [0.05, 0.1) is 12.8 Å². The monoisotopic (exact) mass is 228 g/mol. The molecule has 0 saturated carbocycles. The third kappa shape index (κ3) is 3.01. The van der Waals surface area contributed by atoms with Gasteiger partial charge in [0.15, 0.2) is 0 Å². The Labute approximate surface area is 90.9 Å². The van der Waals surface area contributed by atoms with E-state index in [1.165, 1.54) is 14.0 Å². The molecule has 0 radical (unpaired) electrons. The predicted molar refractivity (Wildman–Crippen MR) is 54.1 cm³/mol. The first-order valence-electron chi connectivity index (χ1n) is 4.38.